The number of hydrogen-bond acceptors (Lipinski definition) is 13. The first kappa shape index (κ1) is 42.1. The van der Waals surface area contributed by atoms with E-state index in [2.05, 4.69) is 5.32 Å². The molecule has 1 saturated carbocycles. The van der Waals surface area contributed by atoms with Crippen LogP contribution in [-0.4, -0.2) is 86.2 Å². The second-order valence-electron chi connectivity index (χ2n) is 13.7. The number of amides is 1. The lowest BCUT2D eigenvalue weighted by Gasteiger charge is -2.44. The van der Waals surface area contributed by atoms with E-state index in [-0.39, 0.29) is 45.2 Å². The Balaban J connectivity index is 1.26. The lowest BCUT2D eigenvalue weighted by atomic mass is 9.80. The summed E-state index contributed by atoms with van der Waals surface area (Å²) in [7, 11) is 0. The normalized spacial score (nSPS) is 20.3. The molecule has 1 fully saturated rings. The van der Waals surface area contributed by atoms with E-state index in [4.69, 9.17) is 33.2 Å². The topological polar surface area (TPSA) is 179 Å². The first-order valence-corrected chi connectivity index (χ1v) is 18.6. The first-order chi connectivity index (χ1) is 27.4. The Hall–Kier alpha value is -6.02. The number of fused-ring (bicyclic) bond motifs is 3. The number of nitrogens with one attached hydrogen (secondary N) is 1. The minimum absolute atomic E-state index is 0.00110. The molecule has 3 aromatic carbocycles. The molecule has 0 aliphatic heterocycles. The van der Waals surface area contributed by atoms with Crippen LogP contribution in [-0.2, 0) is 63.7 Å². The van der Waals surface area contributed by atoms with E-state index < -0.39 is 72.3 Å². The zero-order chi connectivity index (χ0) is 40.9. The van der Waals surface area contributed by atoms with Gasteiger partial charge in [-0.15, -0.1) is 0 Å². The van der Waals surface area contributed by atoms with Crippen LogP contribution in [0.5, 0.6) is 0 Å². The van der Waals surface area contributed by atoms with Gasteiger partial charge in [-0.2, -0.15) is 0 Å². The molecule has 1 N–H and O–H groups in total. The zero-order valence-electron chi connectivity index (χ0n) is 32.3. The number of ether oxygens (including phenoxy) is 7. The third-order valence-electron chi connectivity index (χ3n) is 9.51. The smallest absolute Gasteiger partial charge is 0.407 e. The van der Waals surface area contributed by atoms with Gasteiger partial charge in [-0.05, 0) is 40.7 Å². The monoisotopic (exact) mass is 785 g/mol. The second-order valence-corrected chi connectivity index (χ2v) is 13.7. The maximum Gasteiger partial charge on any atom is 0.407 e. The molecular weight excluding hydrogens is 738 g/mol. The number of benzene rings is 3. The van der Waals surface area contributed by atoms with Crippen LogP contribution >= 0.6 is 0 Å². The van der Waals surface area contributed by atoms with Gasteiger partial charge in [0.2, 0.25) is 0 Å². The average molecular weight is 786 g/mol. The quantitative estimate of drug-likeness (QED) is 0.112. The van der Waals surface area contributed by atoms with E-state index >= 15 is 0 Å². The molecule has 302 valence electrons. The van der Waals surface area contributed by atoms with Gasteiger partial charge in [-0.3, -0.25) is 19.2 Å². The molecule has 14 heteroatoms. The number of carbonyl (C=O) groups is 6. The van der Waals surface area contributed by atoms with Gasteiger partial charge in [0.05, 0.1) is 19.3 Å². The average Bonchev–Trinajstić information content (AvgIpc) is 3.50. The highest BCUT2D eigenvalue weighted by Gasteiger charge is 2.51. The summed E-state index contributed by atoms with van der Waals surface area (Å²) < 4.78 is 39.2. The molecule has 2 aliphatic carbocycles. The van der Waals surface area contributed by atoms with Gasteiger partial charge in [-0.1, -0.05) is 91.0 Å². The fraction of sp³-hybridized carbons (Fsp3) is 0.395. The standard InChI is InChI=1S/C43H47NO13/c1-26(45)52-24-31-22-38(40(56-28(3)47)41(57-29(4)48)39(31)55-27(2)46)51-21-13-12-20-37(42(49)53-23-30-14-6-5-7-15-30)44-43(50)54-25-36-34-18-10-8-16-32(34)33-17-9-11-19-35(33)36/h5-19,31,36-41H,20-25H2,1-4H3,(H,44,50)/t31?,37-,38-,39-,40?,41-/m0/s1. The number of alkyl carbamates (subject to hydrolysis) is 1. The molecule has 14 nitrogen and oxygen atoms in total. The first-order valence-electron chi connectivity index (χ1n) is 18.6. The summed E-state index contributed by atoms with van der Waals surface area (Å²) in [4.78, 5) is 74.7. The molecule has 6 atom stereocenters. The molecule has 2 unspecified atom stereocenters. The van der Waals surface area contributed by atoms with Gasteiger partial charge in [-0.25, -0.2) is 9.59 Å². The van der Waals surface area contributed by atoms with Crippen LogP contribution in [0.4, 0.5) is 4.79 Å². The predicted octanol–water partition coefficient (Wildman–Crippen LogP) is 5.35. The Morgan fingerprint density at radius 3 is 1.84 bits per heavy atom. The molecular formula is C43H47NO13. The summed E-state index contributed by atoms with van der Waals surface area (Å²) in [6, 6.07) is 23.9. The van der Waals surface area contributed by atoms with Crippen molar-refractivity contribution in [3.05, 3.63) is 108 Å². The van der Waals surface area contributed by atoms with Crippen LogP contribution in [0.2, 0.25) is 0 Å². The van der Waals surface area contributed by atoms with Gasteiger partial charge in [0.15, 0.2) is 12.2 Å². The van der Waals surface area contributed by atoms with Crippen LogP contribution in [0.1, 0.15) is 63.1 Å². The van der Waals surface area contributed by atoms with Crippen molar-refractivity contribution in [2.45, 2.75) is 83.5 Å². The van der Waals surface area contributed by atoms with Crippen molar-refractivity contribution in [3.8, 4) is 11.1 Å². The largest absolute Gasteiger partial charge is 0.465 e. The SMILES string of the molecule is CC(=O)OCC1C[C@H](OCC=CC[C@H](NC(=O)OCC2c3ccccc3-c3ccccc32)C(=O)OCc2ccccc2)C(OC(C)=O)[C@@H](OC(C)=O)[C@H]1OC(C)=O. The summed E-state index contributed by atoms with van der Waals surface area (Å²) in [6.45, 7) is 4.49. The summed E-state index contributed by atoms with van der Waals surface area (Å²) in [5.74, 6) is -4.24. The molecule has 0 radical (unpaired) electrons. The molecule has 0 bridgehead atoms. The van der Waals surface area contributed by atoms with E-state index in [0.29, 0.717) is 0 Å². The molecule has 0 spiro atoms. The third kappa shape index (κ3) is 11.7. The van der Waals surface area contributed by atoms with Crippen LogP contribution in [0.15, 0.2) is 91.0 Å². The maximum absolute atomic E-state index is 13.4. The molecule has 0 heterocycles. The molecule has 0 saturated heterocycles. The number of carbonyl (C=O) groups excluding carboxylic acids is 6. The van der Waals surface area contributed by atoms with E-state index in [1.165, 1.54) is 20.8 Å². The van der Waals surface area contributed by atoms with Crippen LogP contribution in [0.3, 0.4) is 0 Å². The van der Waals surface area contributed by atoms with Crippen LogP contribution in [0, 0.1) is 5.92 Å². The molecule has 1 amide bonds. The Bertz CT molecular complexity index is 1880. The predicted molar refractivity (Wildman–Crippen MR) is 203 cm³/mol. The number of esters is 5. The summed E-state index contributed by atoms with van der Waals surface area (Å²) in [5.41, 5.74) is 5.01. The summed E-state index contributed by atoms with van der Waals surface area (Å²) in [6.07, 6.45) is -1.97. The Morgan fingerprint density at radius 2 is 1.23 bits per heavy atom. The minimum atomic E-state index is -1.27. The molecule has 0 aromatic heterocycles. The van der Waals surface area contributed by atoms with Gasteiger partial charge in [0.25, 0.3) is 0 Å². The fourth-order valence-corrected chi connectivity index (χ4v) is 7.10. The highest BCUT2D eigenvalue weighted by molar-refractivity contribution is 5.82. The van der Waals surface area contributed by atoms with E-state index in [1.54, 1.807) is 12.2 Å². The lowest BCUT2D eigenvalue weighted by Crippen LogP contribution is -2.59. The lowest BCUT2D eigenvalue weighted by molar-refractivity contribution is -0.220. The Morgan fingerprint density at radius 1 is 0.649 bits per heavy atom. The van der Waals surface area contributed by atoms with E-state index in [0.717, 1.165) is 34.7 Å². The molecule has 57 heavy (non-hydrogen) atoms. The summed E-state index contributed by atoms with van der Waals surface area (Å²) in [5, 5.41) is 2.65. The fourth-order valence-electron chi connectivity index (χ4n) is 7.10. The Labute approximate surface area is 330 Å². The van der Waals surface area contributed by atoms with Crippen molar-refractivity contribution in [2.24, 2.45) is 5.92 Å². The van der Waals surface area contributed by atoms with E-state index in [1.807, 2.05) is 78.9 Å². The zero-order valence-corrected chi connectivity index (χ0v) is 32.3. The van der Waals surface area contributed by atoms with Crippen molar-refractivity contribution < 1.29 is 61.9 Å². The maximum atomic E-state index is 13.4. The van der Waals surface area contributed by atoms with Crippen molar-refractivity contribution in [2.75, 3.05) is 19.8 Å². The molecule has 2 aliphatic rings. The van der Waals surface area contributed by atoms with Crippen LogP contribution < -0.4 is 5.32 Å². The van der Waals surface area contributed by atoms with Crippen molar-refractivity contribution in [1.29, 1.82) is 0 Å². The Kier molecular flexibility index (Phi) is 15.0. The second kappa shape index (κ2) is 20.2. The molecule has 3 aromatic rings. The van der Waals surface area contributed by atoms with Crippen LogP contribution in [0.25, 0.3) is 11.1 Å². The van der Waals surface area contributed by atoms with Gasteiger partial charge < -0.3 is 38.5 Å². The highest BCUT2D eigenvalue weighted by atomic mass is 16.6. The van der Waals surface area contributed by atoms with Crippen molar-refractivity contribution >= 4 is 35.9 Å². The minimum Gasteiger partial charge on any atom is -0.465 e. The highest BCUT2D eigenvalue weighted by Crippen LogP contribution is 2.44. The third-order valence-corrected chi connectivity index (χ3v) is 9.51. The number of hydrogen-bond donors (Lipinski definition) is 1. The van der Waals surface area contributed by atoms with Gasteiger partial charge >= 0.3 is 35.9 Å². The van der Waals surface area contributed by atoms with E-state index in [9.17, 15) is 28.8 Å². The molecule has 5 rings (SSSR count). The van der Waals surface area contributed by atoms with Gasteiger partial charge in [0, 0.05) is 39.5 Å². The summed E-state index contributed by atoms with van der Waals surface area (Å²) >= 11 is 0. The van der Waals surface area contributed by atoms with Crippen molar-refractivity contribution in [1.82, 2.24) is 5.32 Å². The van der Waals surface area contributed by atoms with Gasteiger partial charge in [0.1, 0.15) is 25.4 Å². The number of rotatable bonds is 16. The van der Waals surface area contributed by atoms with Crippen molar-refractivity contribution in [3.63, 3.8) is 0 Å².